The van der Waals surface area contributed by atoms with Crippen LogP contribution in [0.25, 0.3) is 10.4 Å². The van der Waals surface area contributed by atoms with Crippen LogP contribution in [0.2, 0.25) is 0 Å². The van der Waals surface area contributed by atoms with Gasteiger partial charge in [0.05, 0.1) is 23.1 Å². The summed E-state index contributed by atoms with van der Waals surface area (Å²) in [6.07, 6.45) is -1.26. The number of hydrogen-bond acceptors (Lipinski definition) is 8. The standard InChI is InChI=1S/C19H21F3N6O3S2/c1-12-8-13(10-14(9-12)27-18-24-4-2-16(28-18)19(20,21)22)15-11-25-17(32-15)3-6-31-7-5-26-33(23,29)30/h2,4,8-11,26H,3,5-7H2,1H3,(H2,23,29,30)(H,24,27,28). The first-order chi connectivity index (χ1) is 15.5. The Bertz CT molecular complexity index is 1200. The molecule has 3 rings (SSSR count). The number of nitrogens with two attached hydrogens (primary N) is 1. The van der Waals surface area contributed by atoms with Crippen LogP contribution in [0, 0.1) is 6.92 Å². The van der Waals surface area contributed by atoms with Crippen LogP contribution in [0.5, 0.6) is 0 Å². The Morgan fingerprint density at radius 2 is 1.97 bits per heavy atom. The molecule has 14 heteroatoms. The molecule has 0 saturated heterocycles. The number of anilines is 2. The molecule has 0 aliphatic rings. The third-order valence-corrected chi connectivity index (χ3v) is 5.84. The van der Waals surface area contributed by atoms with Crippen molar-refractivity contribution in [3.8, 4) is 10.4 Å². The van der Waals surface area contributed by atoms with Crippen LogP contribution in [0.1, 0.15) is 16.3 Å². The Kier molecular flexibility index (Phi) is 7.97. The highest BCUT2D eigenvalue weighted by atomic mass is 32.2. The van der Waals surface area contributed by atoms with Crippen LogP contribution < -0.4 is 15.2 Å². The third kappa shape index (κ3) is 8.01. The summed E-state index contributed by atoms with van der Waals surface area (Å²) in [5, 5.41) is 8.47. The lowest BCUT2D eigenvalue weighted by molar-refractivity contribution is -0.141. The second-order valence-corrected chi connectivity index (χ2v) is 9.39. The molecule has 1 aromatic carbocycles. The lowest BCUT2D eigenvalue weighted by atomic mass is 10.1. The maximum absolute atomic E-state index is 12.9. The number of nitrogens with one attached hydrogen (secondary N) is 2. The minimum absolute atomic E-state index is 0.0800. The molecule has 0 bridgehead atoms. The van der Waals surface area contributed by atoms with Gasteiger partial charge in [0.15, 0.2) is 0 Å². The molecule has 0 spiro atoms. The summed E-state index contributed by atoms with van der Waals surface area (Å²) in [6, 6.07) is 6.30. The van der Waals surface area contributed by atoms with Crippen LogP contribution in [-0.4, -0.2) is 43.1 Å². The number of thiazole rings is 1. The zero-order chi connectivity index (χ0) is 24.1. The quantitative estimate of drug-likeness (QED) is 0.363. The number of aryl methyl sites for hydroxylation is 1. The molecule has 0 aliphatic carbocycles. The van der Waals surface area contributed by atoms with E-state index in [4.69, 9.17) is 9.88 Å². The topological polar surface area (TPSA) is 132 Å². The SMILES string of the molecule is Cc1cc(Nc2nccc(C(F)(F)F)n2)cc(-c2cnc(CCOCCNS(N)(=O)=O)s2)c1. The number of aromatic nitrogens is 3. The van der Waals surface area contributed by atoms with Gasteiger partial charge in [0.1, 0.15) is 5.69 Å². The number of rotatable bonds is 10. The first-order valence-electron chi connectivity index (χ1n) is 9.59. The Balaban J connectivity index is 1.63. The van der Waals surface area contributed by atoms with Crippen molar-refractivity contribution in [2.24, 2.45) is 5.14 Å². The highest BCUT2D eigenvalue weighted by Crippen LogP contribution is 2.31. The molecule has 0 saturated carbocycles. The van der Waals surface area contributed by atoms with E-state index in [-0.39, 0.29) is 19.1 Å². The molecule has 3 aromatic rings. The van der Waals surface area contributed by atoms with Crippen molar-refractivity contribution >= 4 is 33.2 Å². The van der Waals surface area contributed by atoms with Gasteiger partial charge >= 0.3 is 6.18 Å². The van der Waals surface area contributed by atoms with E-state index in [1.165, 1.54) is 11.3 Å². The summed E-state index contributed by atoms with van der Waals surface area (Å²) in [6.45, 7) is 2.48. The van der Waals surface area contributed by atoms with Crippen molar-refractivity contribution in [2.75, 3.05) is 25.1 Å². The molecule has 2 aromatic heterocycles. The molecular weight excluding hydrogens is 481 g/mol. The fourth-order valence-electron chi connectivity index (χ4n) is 2.78. The van der Waals surface area contributed by atoms with E-state index in [1.54, 1.807) is 18.3 Å². The summed E-state index contributed by atoms with van der Waals surface area (Å²) >= 11 is 1.45. The maximum atomic E-state index is 12.9. The Morgan fingerprint density at radius 1 is 1.18 bits per heavy atom. The Morgan fingerprint density at radius 3 is 2.70 bits per heavy atom. The van der Waals surface area contributed by atoms with E-state index in [1.807, 2.05) is 13.0 Å². The Labute approximate surface area is 192 Å². The van der Waals surface area contributed by atoms with Crippen LogP contribution in [0.15, 0.2) is 36.7 Å². The second kappa shape index (κ2) is 10.5. The van der Waals surface area contributed by atoms with Gasteiger partial charge in [-0.2, -0.15) is 21.6 Å². The predicted molar refractivity (Wildman–Crippen MR) is 118 cm³/mol. The molecule has 33 heavy (non-hydrogen) atoms. The van der Waals surface area contributed by atoms with Crippen molar-refractivity contribution in [2.45, 2.75) is 19.5 Å². The van der Waals surface area contributed by atoms with Gasteiger partial charge in [0.2, 0.25) is 5.95 Å². The number of alkyl halides is 3. The number of nitrogens with zero attached hydrogens (tertiary/aromatic N) is 3. The lowest BCUT2D eigenvalue weighted by Crippen LogP contribution is -2.33. The molecule has 0 amide bonds. The number of hydrogen-bond donors (Lipinski definition) is 3. The lowest BCUT2D eigenvalue weighted by Gasteiger charge is -2.10. The molecule has 4 N–H and O–H groups in total. The van der Waals surface area contributed by atoms with E-state index < -0.39 is 22.1 Å². The van der Waals surface area contributed by atoms with Crippen molar-refractivity contribution in [3.63, 3.8) is 0 Å². The highest BCUT2D eigenvalue weighted by molar-refractivity contribution is 7.87. The predicted octanol–water partition coefficient (Wildman–Crippen LogP) is 3.02. The first kappa shape index (κ1) is 25.0. The third-order valence-electron chi connectivity index (χ3n) is 4.13. The van der Waals surface area contributed by atoms with E-state index in [2.05, 4.69) is 25.0 Å². The van der Waals surface area contributed by atoms with Gasteiger partial charge in [0.25, 0.3) is 10.2 Å². The highest BCUT2D eigenvalue weighted by Gasteiger charge is 2.32. The van der Waals surface area contributed by atoms with E-state index in [9.17, 15) is 21.6 Å². The zero-order valence-corrected chi connectivity index (χ0v) is 19.0. The van der Waals surface area contributed by atoms with Gasteiger partial charge in [-0.15, -0.1) is 11.3 Å². The largest absolute Gasteiger partial charge is 0.433 e. The van der Waals surface area contributed by atoms with Crippen molar-refractivity contribution in [1.29, 1.82) is 0 Å². The minimum atomic E-state index is -4.56. The van der Waals surface area contributed by atoms with Crippen molar-refractivity contribution in [3.05, 3.63) is 52.9 Å². The summed E-state index contributed by atoms with van der Waals surface area (Å²) in [4.78, 5) is 12.6. The molecule has 0 radical (unpaired) electrons. The minimum Gasteiger partial charge on any atom is -0.380 e. The van der Waals surface area contributed by atoms with Crippen molar-refractivity contribution < 1.29 is 26.3 Å². The van der Waals surface area contributed by atoms with Crippen LogP contribution in [0.4, 0.5) is 24.8 Å². The summed E-state index contributed by atoms with van der Waals surface area (Å²) in [5.41, 5.74) is 1.25. The van der Waals surface area contributed by atoms with Gasteiger partial charge < -0.3 is 10.1 Å². The normalized spacial score (nSPS) is 12.2. The summed E-state index contributed by atoms with van der Waals surface area (Å²) < 4.78 is 67.7. The van der Waals surface area contributed by atoms with Gasteiger partial charge in [-0.3, -0.25) is 0 Å². The van der Waals surface area contributed by atoms with Gasteiger partial charge in [-0.05, 0) is 36.2 Å². The molecule has 9 nitrogen and oxygen atoms in total. The average molecular weight is 503 g/mol. The Hall–Kier alpha value is -2.65. The van der Waals surface area contributed by atoms with Crippen LogP contribution >= 0.6 is 11.3 Å². The van der Waals surface area contributed by atoms with E-state index in [0.717, 1.165) is 33.3 Å². The number of benzene rings is 1. The van der Waals surface area contributed by atoms with E-state index in [0.29, 0.717) is 18.7 Å². The van der Waals surface area contributed by atoms with Gasteiger partial charge in [-0.1, -0.05) is 6.07 Å². The first-order valence-corrected chi connectivity index (χ1v) is 11.9. The van der Waals surface area contributed by atoms with E-state index >= 15 is 0 Å². The molecule has 178 valence electrons. The summed E-state index contributed by atoms with van der Waals surface area (Å²) in [7, 11) is -3.73. The van der Waals surface area contributed by atoms with Gasteiger partial charge in [-0.25, -0.2) is 24.8 Å². The molecular formula is C19H21F3N6O3S2. The average Bonchev–Trinajstić information content (AvgIpc) is 3.18. The molecule has 0 fully saturated rings. The second-order valence-electron chi connectivity index (χ2n) is 6.90. The van der Waals surface area contributed by atoms with Crippen LogP contribution in [-0.2, 0) is 27.5 Å². The maximum Gasteiger partial charge on any atom is 0.433 e. The molecule has 0 unspecified atom stereocenters. The van der Waals surface area contributed by atoms with Gasteiger partial charge in [0, 0.05) is 31.0 Å². The fourth-order valence-corrected chi connectivity index (χ4v) is 4.03. The fraction of sp³-hybridized carbons (Fsp3) is 0.316. The monoisotopic (exact) mass is 502 g/mol. The van der Waals surface area contributed by atoms with Crippen LogP contribution in [0.3, 0.4) is 0 Å². The number of ether oxygens (including phenoxy) is 1. The molecule has 2 heterocycles. The zero-order valence-electron chi connectivity index (χ0n) is 17.4. The molecule has 0 atom stereocenters. The van der Waals surface area contributed by atoms with Crippen molar-refractivity contribution in [1.82, 2.24) is 19.7 Å². The number of halogens is 3. The molecule has 0 aliphatic heterocycles. The summed E-state index contributed by atoms with van der Waals surface area (Å²) in [5.74, 6) is -0.152. The smallest absolute Gasteiger partial charge is 0.380 e.